The van der Waals surface area contributed by atoms with E-state index in [0.717, 1.165) is 48.0 Å². The fourth-order valence-electron chi connectivity index (χ4n) is 3.43. The van der Waals surface area contributed by atoms with Crippen LogP contribution >= 0.6 is 0 Å². The molecule has 6 heteroatoms. The quantitative estimate of drug-likeness (QED) is 0.536. The van der Waals surface area contributed by atoms with E-state index in [1.807, 2.05) is 53.6 Å². The topological polar surface area (TPSA) is 66.8 Å². The summed E-state index contributed by atoms with van der Waals surface area (Å²) in [6.07, 6.45) is 8.75. The molecule has 0 radical (unpaired) electrons. The summed E-state index contributed by atoms with van der Waals surface area (Å²) in [4.78, 5) is 21.1. The van der Waals surface area contributed by atoms with Gasteiger partial charge in [0.2, 0.25) is 6.41 Å². The van der Waals surface area contributed by atoms with Crippen molar-refractivity contribution in [1.82, 2.24) is 19.7 Å². The first-order valence-corrected chi connectivity index (χ1v) is 9.10. The summed E-state index contributed by atoms with van der Waals surface area (Å²) < 4.78 is 1.93. The molecule has 1 saturated carbocycles. The minimum absolute atomic E-state index is 0.274. The Balaban J connectivity index is 1.54. The van der Waals surface area contributed by atoms with Crippen molar-refractivity contribution in [3.05, 3.63) is 66.6 Å². The summed E-state index contributed by atoms with van der Waals surface area (Å²) in [5.41, 5.74) is 4.03. The average Bonchev–Trinajstić information content (AvgIpc) is 3.22. The highest BCUT2D eigenvalue weighted by Gasteiger charge is 2.30. The molecule has 1 fully saturated rings. The van der Waals surface area contributed by atoms with Gasteiger partial charge < -0.3 is 4.98 Å². The van der Waals surface area contributed by atoms with Gasteiger partial charge in [-0.2, -0.15) is 5.10 Å². The van der Waals surface area contributed by atoms with Crippen LogP contribution in [0.25, 0.3) is 22.2 Å². The number of aromatic amines is 1. The van der Waals surface area contributed by atoms with E-state index in [-0.39, 0.29) is 6.04 Å². The zero-order chi connectivity index (χ0) is 18.2. The summed E-state index contributed by atoms with van der Waals surface area (Å²) >= 11 is 0. The lowest BCUT2D eigenvalue weighted by Gasteiger charge is -2.16. The van der Waals surface area contributed by atoms with Crippen LogP contribution in [0.2, 0.25) is 0 Å². The number of anilines is 1. The smallest absolute Gasteiger partial charge is 0.215 e. The van der Waals surface area contributed by atoms with E-state index in [2.05, 4.69) is 27.2 Å². The number of H-pyrrole nitrogens is 1. The van der Waals surface area contributed by atoms with Crippen molar-refractivity contribution in [2.75, 3.05) is 4.90 Å². The summed E-state index contributed by atoms with van der Waals surface area (Å²) in [7, 11) is 0. The molecule has 6 nitrogen and oxygen atoms in total. The standard InChI is InChI=1S/C21H19N5O/c27-14-26(17-6-7-17)20-10-19(18-8-9-22-21(18)24-20)16-11-23-25(13-16)12-15-4-2-1-3-5-15/h1-5,8-11,13-14,17H,6-7,12H2,(H,22,24). The van der Waals surface area contributed by atoms with Crippen LogP contribution in [0.5, 0.6) is 0 Å². The summed E-state index contributed by atoms with van der Waals surface area (Å²) in [5.74, 6) is 0.688. The van der Waals surface area contributed by atoms with Crippen molar-refractivity contribution >= 4 is 23.3 Å². The number of benzene rings is 1. The Kier molecular flexibility index (Phi) is 3.74. The number of hydrogen-bond acceptors (Lipinski definition) is 3. The molecule has 0 unspecified atom stereocenters. The molecule has 5 rings (SSSR count). The zero-order valence-corrected chi connectivity index (χ0v) is 14.7. The second-order valence-electron chi connectivity index (χ2n) is 6.92. The van der Waals surface area contributed by atoms with Crippen LogP contribution in [0.15, 0.2) is 61.1 Å². The Morgan fingerprint density at radius 1 is 1.22 bits per heavy atom. The molecule has 1 aliphatic rings. The molecule has 134 valence electrons. The monoisotopic (exact) mass is 357 g/mol. The van der Waals surface area contributed by atoms with Gasteiger partial charge in [0.1, 0.15) is 11.5 Å². The van der Waals surface area contributed by atoms with Gasteiger partial charge in [0.25, 0.3) is 0 Å². The van der Waals surface area contributed by atoms with Gasteiger partial charge in [-0.3, -0.25) is 14.4 Å². The molecule has 1 amide bonds. The van der Waals surface area contributed by atoms with E-state index < -0.39 is 0 Å². The Morgan fingerprint density at radius 2 is 2.07 bits per heavy atom. The number of carbonyl (C=O) groups excluding carboxylic acids is 1. The molecule has 27 heavy (non-hydrogen) atoms. The number of rotatable bonds is 6. The fraction of sp³-hybridized carbons (Fsp3) is 0.190. The summed E-state index contributed by atoms with van der Waals surface area (Å²) in [5, 5.41) is 5.55. The first kappa shape index (κ1) is 15.8. The molecule has 0 aliphatic heterocycles. The molecular formula is C21H19N5O. The number of pyridine rings is 1. The second kappa shape index (κ2) is 6.39. The molecule has 0 bridgehead atoms. The van der Waals surface area contributed by atoms with E-state index in [0.29, 0.717) is 5.82 Å². The maximum Gasteiger partial charge on any atom is 0.215 e. The summed E-state index contributed by atoms with van der Waals surface area (Å²) in [6, 6.07) is 14.5. The van der Waals surface area contributed by atoms with Gasteiger partial charge in [0.15, 0.2) is 0 Å². The van der Waals surface area contributed by atoms with Crippen LogP contribution in [0.4, 0.5) is 5.82 Å². The predicted molar refractivity (Wildman–Crippen MR) is 104 cm³/mol. The third-order valence-electron chi connectivity index (χ3n) is 4.97. The van der Waals surface area contributed by atoms with Crippen LogP contribution in [0.1, 0.15) is 18.4 Å². The Bertz CT molecular complexity index is 1090. The van der Waals surface area contributed by atoms with Crippen LogP contribution in [0.3, 0.4) is 0 Å². The molecule has 0 saturated heterocycles. The maximum atomic E-state index is 11.6. The van der Waals surface area contributed by atoms with E-state index in [9.17, 15) is 4.79 Å². The van der Waals surface area contributed by atoms with Gasteiger partial charge in [-0.25, -0.2) is 4.98 Å². The fourth-order valence-corrected chi connectivity index (χ4v) is 3.43. The van der Waals surface area contributed by atoms with Gasteiger partial charge in [-0.1, -0.05) is 30.3 Å². The Morgan fingerprint density at radius 3 is 2.85 bits per heavy atom. The molecule has 1 aromatic carbocycles. The molecule has 3 aromatic heterocycles. The van der Waals surface area contributed by atoms with Gasteiger partial charge in [-0.15, -0.1) is 0 Å². The number of aromatic nitrogens is 4. The van der Waals surface area contributed by atoms with Crippen LogP contribution < -0.4 is 4.90 Å². The van der Waals surface area contributed by atoms with E-state index >= 15 is 0 Å². The van der Waals surface area contributed by atoms with Gasteiger partial charge in [-0.05, 0) is 36.1 Å². The lowest BCUT2D eigenvalue weighted by Crippen LogP contribution is -2.24. The van der Waals surface area contributed by atoms with Gasteiger partial charge >= 0.3 is 0 Å². The van der Waals surface area contributed by atoms with Crippen molar-refractivity contribution in [3.63, 3.8) is 0 Å². The van der Waals surface area contributed by atoms with Crippen molar-refractivity contribution in [1.29, 1.82) is 0 Å². The van der Waals surface area contributed by atoms with Crippen molar-refractivity contribution in [3.8, 4) is 11.1 Å². The Labute approximate surface area is 156 Å². The third kappa shape index (κ3) is 2.99. The third-order valence-corrected chi connectivity index (χ3v) is 4.97. The number of nitrogens with zero attached hydrogens (tertiary/aromatic N) is 4. The van der Waals surface area contributed by atoms with E-state index in [1.54, 1.807) is 4.90 Å². The highest BCUT2D eigenvalue weighted by molar-refractivity contribution is 5.95. The van der Waals surface area contributed by atoms with Gasteiger partial charge in [0, 0.05) is 29.4 Å². The first-order chi connectivity index (χ1) is 13.3. The molecule has 4 aromatic rings. The number of hydrogen-bond donors (Lipinski definition) is 1. The second-order valence-corrected chi connectivity index (χ2v) is 6.92. The minimum atomic E-state index is 0.274. The minimum Gasteiger partial charge on any atom is -0.346 e. The normalized spacial score (nSPS) is 13.8. The van der Waals surface area contributed by atoms with Crippen LogP contribution in [-0.2, 0) is 11.3 Å². The number of amides is 1. The number of nitrogens with one attached hydrogen (secondary N) is 1. The molecule has 3 heterocycles. The largest absolute Gasteiger partial charge is 0.346 e. The van der Waals surface area contributed by atoms with Crippen molar-refractivity contribution < 1.29 is 4.79 Å². The molecular weight excluding hydrogens is 338 g/mol. The highest BCUT2D eigenvalue weighted by atomic mass is 16.1. The molecule has 1 aliphatic carbocycles. The molecule has 1 N–H and O–H groups in total. The first-order valence-electron chi connectivity index (χ1n) is 9.10. The zero-order valence-electron chi connectivity index (χ0n) is 14.7. The number of fused-ring (bicyclic) bond motifs is 1. The molecule has 0 atom stereocenters. The van der Waals surface area contributed by atoms with E-state index in [4.69, 9.17) is 0 Å². The Hall–Kier alpha value is -3.41. The van der Waals surface area contributed by atoms with Crippen LogP contribution in [0, 0.1) is 0 Å². The average molecular weight is 357 g/mol. The van der Waals surface area contributed by atoms with Crippen molar-refractivity contribution in [2.24, 2.45) is 0 Å². The molecule has 0 spiro atoms. The maximum absolute atomic E-state index is 11.6. The van der Waals surface area contributed by atoms with Gasteiger partial charge in [0.05, 0.1) is 12.7 Å². The lowest BCUT2D eigenvalue weighted by atomic mass is 10.1. The highest BCUT2D eigenvalue weighted by Crippen LogP contribution is 2.34. The lowest BCUT2D eigenvalue weighted by molar-refractivity contribution is -0.107. The number of carbonyl (C=O) groups is 1. The van der Waals surface area contributed by atoms with Crippen LogP contribution in [-0.4, -0.2) is 32.2 Å². The van der Waals surface area contributed by atoms with E-state index in [1.165, 1.54) is 5.56 Å². The summed E-state index contributed by atoms with van der Waals surface area (Å²) in [6.45, 7) is 0.720. The SMILES string of the molecule is O=CN(c1cc(-c2cnn(Cc3ccccc3)c2)c2cc[nH]c2n1)C1CC1. The van der Waals surface area contributed by atoms with Crippen molar-refractivity contribution in [2.45, 2.75) is 25.4 Å². The predicted octanol–water partition coefficient (Wildman–Crippen LogP) is 3.60.